The van der Waals surface area contributed by atoms with Crippen molar-refractivity contribution in [2.45, 2.75) is 31.9 Å². The molecule has 148 valence electrons. The number of carbonyl (C=O) groups excluding carboxylic acids is 1. The van der Waals surface area contributed by atoms with Crippen LogP contribution in [0.1, 0.15) is 34.6 Å². The van der Waals surface area contributed by atoms with Gasteiger partial charge in [-0.05, 0) is 31.0 Å². The number of fused-ring (bicyclic) bond motifs is 2. The van der Waals surface area contributed by atoms with Crippen molar-refractivity contribution in [3.63, 3.8) is 0 Å². The maximum atomic E-state index is 13.1. The van der Waals surface area contributed by atoms with Gasteiger partial charge in [-0.2, -0.15) is 0 Å². The van der Waals surface area contributed by atoms with Gasteiger partial charge in [-0.3, -0.25) is 14.8 Å². The molecule has 2 aliphatic heterocycles. The van der Waals surface area contributed by atoms with E-state index in [9.17, 15) is 9.90 Å². The predicted molar refractivity (Wildman–Crippen MR) is 112 cm³/mol. The van der Waals surface area contributed by atoms with Crippen LogP contribution < -0.4 is 4.90 Å². The van der Waals surface area contributed by atoms with Gasteiger partial charge in [0.25, 0.3) is 5.91 Å². The molecule has 5 rings (SSSR count). The molecule has 4 heterocycles. The van der Waals surface area contributed by atoms with Gasteiger partial charge in [-0.15, -0.1) is 0 Å². The highest BCUT2D eigenvalue weighted by molar-refractivity contribution is 6.03. The molecule has 0 unspecified atom stereocenters. The van der Waals surface area contributed by atoms with Crippen molar-refractivity contribution in [3.8, 4) is 0 Å². The highest BCUT2D eigenvalue weighted by Crippen LogP contribution is 2.32. The lowest BCUT2D eigenvalue weighted by Gasteiger charge is -2.32. The Morgan fingerprint density at radius 1 is 1.07 bits per heavy atom. The first-order valence-electron chi connectivity index (χ1n) is 10.2. The van der Waals surface area contributed by atoms with Gasteiger partial charge in [0.1, 0.15) is 0 Å². The molecule has 1 amide bonds. The van der Waals surface area contributed by atoms with E-state index in [1.807, 2.05) is 35.2 Å². The van der Waals surface area contributed by atoms with Crippen LogP contribution in [0.3, 0.4) is 0 Å². The molecule has 0 atom stereocenters. The summed E-state index contributed by atoms with van der Waals surface area (Å²) < 4.78 is 0. The molecule has 1 aromatic carbocycles. The zero-order chi connectivity index (χ0) is 19.8. The fourth-order valence-corrected chi connectivity index (χ4v) is 4.31. The Labute approximate surface area is 169 Å². The SMILES string of the molecule is O=C1c2c(N3CCC(O)CC3)ccnc2CN1CCc1ccc2ccccc2n1. The highest BCUT2D eigenvalue weighted by Gasteiger charge is 2.33. The minimum absolute atomic E-state index is 0.0509. The van der Waals surface area contributed by atoms with Crippen LogP contribution in [0.25, 0.3) is 10.9 Å². The number of benzene rings is 1. The second-order valence-electron chi connectivity index (χ2n) is 7.84. The highest BCUT2D eigenvalue weighted by atomic mass is 16.3. The molecule has 0 spiro atoms. The van der Waals surface area contributed by atoms with Gasteiger partial charge in [0, 0.05) is 43.3 Å². The summed E-state index contributed by atoms with van der Waals surface area (Å²) in [7, 11) is 0. The minimum Gasteiger partial charge on any atom is -0.393 e. The van der Waals surface area contributed by atoms with E-state index in [0.717, 1.165) is 65.9 Å². The molecule has 1 N–H and O–H groups in total. The minimum atomic E-state index is -0.234. The second kappa shape index (κ2) is 7.44. The van der Waals surface area contributed by atoms with Crippen LogP contribution in [0.5, 0.6) is 0 Å². The Morgan fingerprint density at radius 3 is 2.76 bits per heavy atom. The molecule has 0 bridgehead atoms. The van der Waals surface area contributed by atoms with Crippen LogP contribution in [-0.4, -0.2) is 51.6 Å². The largest absolute Gasteiger partial charge is 0.393 e. The standard InChI is InChI=1S/C23H24N4O2/c28-18-9-13-26(14-10-18)21-7-11-24-20-15-27(23(29)22(20)21)12-8-17-6-5-16-3-1-2-4-19(16)25-17/h1-7,11,18,28H,8-10,12-15H2. The van der Waals surface area contributed by atoms with Crippen molar-refractivity contribution >= 4 is 22.5 Å². The summed E-state index contributed by atoms with van der Waals surface area (Å²) in [5.41, 5.74) is 4.52. The van der Waals surface area contributed by atoms with Gasteiger partial charge in [0.2, 0.25) is 0 Å². The van der Waals surface area contributed by atoms with Gasteiger partial charge >= 0.3 is 0 Å². The molecule has 2 aromatic heterocycles. The first-order valence-corrected chi connectivity index (χ1v) is 10.2. The van der Waals surface area contributed by atoms with Crippen LogP contribution in [0, 0.1) is 0 Å². The third-order valence-corrected chi connectivity index (χ3v) is 5.95. The third-order valence-electron chi connectivity index (χ3n) is 5.95. The molecule has 3 aromatic rings. The number of hydrogen-bond donors (Lipinski definition) is 1. The van der Waals surface area contributed by atoms with E-state index in [4.69, 9.17) is 4.98 Å². The smallest absolute Gasteiger partial charge is 0.258 e. The quantitative estimate of drug-likeness (QED) is 0.744. The summed E-state index contributed by atoms with van der Waals surface area (Å²) in [5, 5.41) is 10.9. The number of aliphatic hydroxyl groups excluding tert-OH is 1. The molecule has 29 heavy (non-hydrogen) atoms. The van der Waals surface area contributed by atoms with Crippen LogP contribution in [0.15, 0.2) is 48.7 Å². The normalized spacial score (nSPS) is 17.2. The maximum Gasteiger partial charge on any atom is 0.258 e. The van der Waals surface area contributed by atoms with Gasteiger partial charge in [-0.1, -0.05) is 24.3 Å². The maximum absolute atomic E-state index is 13.1. The summed E-state index contributed by atoms with van der Waals surface area (Å²) in [6.45, 7) is 2.71. The summed E-state index contributed by atoms with van der Waals surface area (Å²) in [5.74, 6) is 0.0509. The molecule has 6 nitrogen and oxygen atoms in total. The number of carbonyl (C=O) groups is 1. The number of pyridine rings is 2. The van der Waals surface area contributed by atoms with Crippen molar-refractivity contribution in [2.24, 2.45) is 0 Å². The number of aliphatic hydroxyl groups is 1. The van der Waals surface area contributed by atoms with Crippen LogP contribution >= 0.6 is 0 Å². The lowest BCUT2D eigenvalue weighted by Crippen LogP contribution is -2.37. The van der Waals surface area contributed by atoms with Crippen molar-refractivity contribution in [1.29, 1.82) is 0 Å². The lowest BCUT2D eigenvalue weighted by molar-refractivity contribution is 0.0780. The second-order valence-corrected chi connectivity index (χ2v) is 7.84. The van der Waals surface area contributed by atoms with Crippen LogP contribution in [-0.2, 0) is 13.0 Å². The number of para-hydroxylation sites is 1. The average molecular weight is 388 g/mol. The monoisotopic (exact) mass is 388 g/mol. The van der Waals surface area contributed by atoms with Gasteiger partial charge < -0.3 is 14.9 Å². The Hall–Kier alpha value is -2.99. The predicted octanol–water partition coefficient (Wildman–Crippen LogP) is 2.79. The first-order chi connectivity index (χ1) is 14.2. The van der Waals surface area contributed by atoms with Gasteiger partial charge in [-0.25, -0.2) is 0 Å². The molecule has 1 saturated heterocycles. The van der Waals surface area contributed by atoms with E-state index in [1.165, 1.54) is 0 Å². The van der Waals surface area contributed by atoms with E-state index < -0.39 is 0 Å². The van der Waals surface area contributed by atoms with Crippen molar-refractivity contribution < 1.29 is 9.90 Å². The third kappa shape index (κ3) is 3.44. The van der Waals surface area contributed by atoms with E-state index in [0.29, 0.717) is 13.1 Å². The van der Waals surface area contributed by atoms with Gasteiger partial charge in [0.05, 0.1) is 35.1 Å². The van der Waals surface area contributed by atoms with Crippen LogP contribution in [0.4, 0.5) is 5.69 Å². The number of nitrogens with zero attached hydrogens (tertiary/aromatic N) is 4. The van der Waals surface area contributed by atoms with E-state index in [-0.39, 0.29) is 12.0 Å². The van der Waals surface area contributed by atoms with Crippen molar-refractivity contribution in [2.75, 3.05) is 24.5 Å². The number of rotatable bonds is 4. The number of anilines is 1. The Morgan fingerprint density at radius 2 is 1.90 bits per heavy atom. The van der Waals surface area contributed by atoms with E-state index in [2.05, 4.69) is 22.0 Å². The molecular formula is C23H24N4O2. The molecule has 0 radical (unpaired) electrons. The summed E-state index contributed by atoms with van der Waals surface area (Å²) >= 11 is 0. The lowest BCUT2D eigenvalue weighted by atomic mass is 10.1. The zero-order valence-electron chi connectivity index (χ0n) is 16.3. The van der Waals surface area contributed by atoms with Gasteiger partial charge in [0.15, 0.2) is 0 Å². The number of hydrogen-bond acceptors (Lipinski definition) is 5. The summed E-state index contributed by atoms with van der Waals surface area (Å²) in [6, 6.07) is 14.1. The van der Waals surface area contributed by atoms with Crippen molar-refractivity contribution in [3.05, 3.63) is 65.6 Å². The number of amides is 1. The fraction of sp³-hybridized carbons (Fsp3) is 0.348. The molecule has 1 fully saturated rings. The van der Waals surface area contributed by atoms with E-state index in [1.54, 1.807) is 6.20 Å². The molecule has 6 heteroatoms. The molecule has 2 aliphatic rings. The Balaban J connectivity index is 1.32. The molecular weight excluding hydrogens is 364 g/mol. The number of piperidine rings is 1. The summed E-state index contributed by atoms with van der Waals surface area (Å²) in [4.78, 5) is 26.4. The zero-order valence-corrected chi connectivity index (χ0v) is 16.3. The molecule has 0 saturated carbocycles. The number of aromatic nitrogens is 2. The Bertz CT molecular complexity index is 1060. The van der Waals surface area contributed by atoms with Crippen LogP contribution in [0.2, 0.25) is 0 Å². The fourth-order valence-electron chi connectivity index (χ4n) is 4.31. The van der Waals surface area contributed by atoms with Crippen molar-refractivity contribution in [1.82, 2.24) is 14.9 Å². The first kappa shape index (κ1) is 18.1. The Kier molecular flexibility index (Phi) is 4.64. The van der Waals surface area contributed by atoms with E-state index >= 15 is 0 Å². The topological polar surface area (TPSA) is 69.6 Å². The molecule has 0 aliphatic carbocycles. The summed E-state index contributed by atoms with van der Waals surface area (Å²) in [6.07, 6.45) is 3.75. The average Bonchev–Trinajstić information content (AvgIpc) is 3.08.